The molecule has 1 heterocycles. The van der Waals surface area contributed by atoms with Crippen molar-refractivity contribution in [2.45, 2.75) is 71.2 Å². The summed E-state index contributed by atoms with van der Waals surface area (Å²) in [5.41, 5.74) is 3.99. The molecule has 1 aliphatic rings. The predicted octanol–water partition coefficient (Wildman–Crippen LogP) is 6.02. The van der Waals surface area contributed by atoms with Crippen LogP contribution >= 0.6 is 0 Å². The fourth-order valence-electron chi connectivity index (χ4n) is 5.01. The third-order valence-corrected chi connectivity index (χ3v) is 7.18. The lowest BCUT2D eigenvalue weighted by Crippen LogP contribution is -2.55. The molecule has 0 bridgehead atoms. The fraction of sp³-hybridized carbons (Fsp3) is 0.455. The monoisotopic (exact) mass is 532 g/mol. The Labute approximate surface area is 234 Å². The predicted molar refractivity (Wildman–Crippen MR) is 158 cm³/mol. The molecule has 2 aromatic carbocycles. The Morgan fingerprint density at radius 3 is 2.49 bits per heavy atom. The SMILES string of the molecule is C=CCCCCN[C@H](C(=O)N1C[C@H](OCc2cccc(-c3cccc(C=C)c3)c2)C[C@H]1C(=O)OC)C(C)(C)C. The third kappa shape index (κ3) is 8.38. The van der Waals surface area contributed by atoms with Crippen molar-refractivity contribution in [1.29, 1.82) is 0 Å². The highest BCUT2D eigenvalue weighted by Gasteiger charge is 2.45. The zero-order valence-electron chi connectivity index (χ0n) is 23.9. The second-order valence-electron chi connectivity index (χ2n) is 11.3. The largest absolute Gasteiger partial charge is 0.467 e. The molecule has 0 radical (unpaired) electrons. The van der Waals surface area contributed by atoms with Crippen LogP contribution in [0, 0.1) is 5.41 Å². The molecular formula is C33H44N2O4. The molecule has 6 nitrogen and oxygen atoms in total. The molecule has 1 amide bonds. The number of hydrogen-bond acceptors (Lipinski definition) is 5. The van der Waals surface area contributed by atoms with E-state index in [1.165, 1.54) is 7.11 Å². The highest BCUT2D eigenvalue weighted by atomic mass is 16.5. The molecular weight excluding hydrogens is 488 g/mol. The summed E-state index contributed by atoms with van der Waals surface area (Å²) in [6, 6.07) is 15.4. The highest BCUT2D eigenvalue weighted by Crippen LogP contribution is 2.29. The van der Waals surface area contributed by atoms with E-state index in [1.54, 1.807) is 4.90 Å². The maximum atomic E-state index is 13.8. The average molecular weight is 533 g/mol. The normalized spacial score (nSPS) is 18.0. The number of ether oxygens (including phenoxy) is 2. The molecule has 3 rings (SSSR count). The lowest BCUT2D eigenvalue weighted by atomic mass is 9.85. The zero-order valence-corrected chi connectivity index (χ0v) is 23.9. The van der Waals surface area contributed by atoms with Gasteiger partial charge in [-0.2, -0.15) is 0 Å². The lowest BCUT2D eigenvalue weighted by molar-refractivity contribution is -0.152. The van der Waals surface area contributed by atoms with Crippen LogP contribution in [0.15, 0.2) is 67.8 Å². The van der Waals surface area contributed by atoms with Crippen LogP contribution in [-0.4, -0.2) is 55.2 Å². The number of benzene rings is 2. The first-order valence-electron chi connectivity index (χ1n) is 13.8. The van der Waals surface area contributed by atoms with Gasteiger partial charge in [0.05, 0.1) is 25.9 Å². The quantitative estimate of drug-likeness (QED) is 0.194. The molecule has 2 aromatic rings. The van der Waals surface area contributed by atoms with Crippen molar-refractivity contribution in [2.24, 2.45) is 5.41 Å². The van der Waals surface area contributed by atoms with E-state index in [-0.39, 0.29) is 17.4 Å². The number of amides is 1. The van der Waals surface area contributed by atoms with Crippen LogP contribution in [0.5, 0.6) is 0 Å². The Hall–Kier alpha value is -3.22. The average Bonchev–Trinajstić information content (AvgIpc) is 3.37. The number of hydrogen-bond donors (Lipinski definition) is 1. The number of allylic oxidation sites excluding steroid dienone is 1. The van der Waals surface area contributed by atoms with Crippen molar-refractivity contribution >= 4 is 18.0 Å². The van der Waals surface area contributed by atoms with Crippen molar-refractivity contribution in [3.05, 3.63) is 78.9 Å². The molecule has 1 saturated heterocycles. The van der Waals surface area contributed by atoms with Crippen LogP contribution in [0.3, 0.4) is 0 Å². The number of unbranched alkanes of at least 4 members (excludes halogenated alkanes) is 2. The van der Waals surface area contributed by atoms with Crippen molar-refractivity contribution in [3.8, 4) is 11.1 Å². The van der Waals surface area contributed by atoms with Gasteiger partial charge in [-0.05, 0) is 65.6 Å². The number of esters is 1. The number of nitrogens with one attached hydrogen (secondary N) is 1. The molecule has 210 valence electrons. The standard InChI is InChI=1S/C33H44N2O4/c1-7-9-10-11-18-34-30(33(3,4)5)31(36)35-22-28(21-29(35)32(37)38-6)39-23-25-15-13-17-27(20-25)26-16-12-14-24(8-2)19-26/h7-8,12-17,19-20,28-30,34H,1-2,9-11,18,21-23H2,3-6H3/t28-,29+,30-/m1/s1. The molecule has 1 fully saturated rings. The maximum absolute atomic E-state index is 13.8. The van der Waals surface area contributed by atoms with Crippen molar-refractivity contribution in [3.63, 3.8) is 0 Å². The minimum absolute atomic E-state index is 0.0863. The molecule has 0 unspecified atom stereocenters. The van der Waals surface area contributed by atoms with Crippen LogP contribution in [0.1, 0.15) is 57.6 Å². The van der Waals surface area contributed by atoms with Gasteiger partial charge in [-0.1, -0.05) is 75.9 Å². The second-order valence-corrected chi connectivity index (χ2v) is 11.3. The summed E-state index contributed by atoms with van der Waals surface area (Å²) in [5.74, 6) is -0.492. The fourth-order valence-corrected chi connectivity index (χ4v) is 5.01. The number of likely N-dealkylation sites (tertiary alicyclic amines) is 1. The molecule has 1 N–H and O–H groups in total. The van der Waals surface area contributed by atoms with Crippen molar-refractivity contribution in [2.75, 3.05) is 20.2 Å². The van der Waals surface area contributed by atoms with Gasteiger partial charge in [-0.25, -0.2) is 4.79 Å². The van der Waals surface area contributed by atoms with E-state index in [1.807, 2.05) is 57.2 Å². The summed E-state index contributed by atoms with van der Waals surface area (Å²) >= 11 is 0. The molecule has 0 spiro atoms. The number of nitrogens with zero attached hydrogens (tertiary/aromatic N) is 1. The van der Waals surface area contributed by atoms with Crippen LogP contribution in [0.2, 0.25) is 0 Å². The van der Waals surface area contributed by atoms with Crippen molar-refractivity contribution < 1.29 is 19.1 Å². The van der Waals surface area contributed by atoms with E-state index < -0.39 is 18.1 Å². The molecule has 6 heteroatoms. The Morgan fingerprint density at radius 1 is 1.10 bits per heavy atom. The summed E-state index contributed by atoms with van der Waals surface area (Å²) in [6.07, 6.45) is 6.82. The molecule has 1 aliphatic heterocycles. The van der Waals surface area contributed by atoms with Gasteiger partial charge in [0.15, 0.2) is 0 Å². The molecule has 3 atom stereocenters. The van der Waals surface area contributed by atoms with Gasteiger partial charge >= 0.3 is 5.97 Å². The van der Waals surface area contributed by atoms with Crippen LogP contribution < -0.4 is 5.32 Å². The number of carbonyl (C=O) groups is 2. The number of carbonyl (C=O) groups excluding carboxylic acids is 2. The third-order valence-electron chi connectivity index (χ3n) is 7.18. The number of rotatable bonds is 13. The lowest BCUT2D eigenvalue weighted by Gasteiger charge is -2.35. The van der Waals surface area contributed by atoms with Gasteiger partial charge in [-0.15, -0.1) is 6.58 Å². The van der Waals surface area contributed by atoms with E-state index in [0.717, 1.165) is 48.1 Å². The summed E-state index contributed by atoms with van der Waals surface area (Å²) in [4.78, 5) is 28.1. The van der Waals surface area contributed by atoms with E-state index in [9.17, 15) is 9.59 Å². The molecule has 39 heavy (non-hydrogen) atoms. The molecule has 0 aromatic heterocycles. The minimum Gasteiger partial charge on any atom is -0.467 e. The van der Waals surface area contributed by atoms with E-state index in [4.69, 9.17) is 9.47 Å². The first-order valence-corrected chi connectivity index (χ1v) is 13.8. The number of methoxy groups -OCH3 is 1. The van der Waals surface area contributed by atoms with Gasteiger partial charge in [0.2, 0.25) is 5.91 Å². The van der Waals surface area contributed by atoms with Gasteiger partial charge in [0.1, 0.15) is 6.04 Å². The van der Waals surface area contributed by atoms with Crippen molar-refractivity contribution in [1.82, 2.24) is 10.2 Å². The summed E-state index contributed by atoms with van der Waals surface area (Å²) in [5, 5.41) is 3.45. The van der Waals surface area contributed by atoms with Gasteiger partial charge < -0.3 is 19.7 Å². The van der Waals surface area contributed by atoms with Crippen LogP contribution in [0.25, 0.3) is 17.2 Å². The highest BCUT2D eigenvalue weighted by molar-refractivity contribution is 5.89. The van der Waals surface area contributed by atoms with E-state index in [2.05, 4.69) is 42.7 Å². The van der Waals surface area contributed by atoms with E-state index >= 15 is 0 Å². The summed E-state index contributed by atoms with van der Waals surface area (Å²) < 4.78 is 11.3. The molecule has 0 saturated carbocycles. The summed E-state index contributed by atoms with van der Waals surface area (Å²) in [6.45, 7) is 15.2. The van der Waals surface area contributed by atoms with Gasteiger partial charge in [-0.3, -0.25) is 4.79 Å². The van der Waals surface area contributed by atoms with Crippen LogP contribution in [-0.2, 0) is 25.7 Å². The summed E-state index contributed by atoms with van der Waals surface area (Å²) in [7, 11) is 1.37. The topological polar surface area (TPSA) is 67.9 Å². The Kier molecular flexibility index (Phi) is 11.1. The zero-order chi connectivity index (χ0) is 28.4. The first-order chi connectivity index (χ1) is 18.7. The minimum atomic E-state index is -0.659. The van der Waals surface area contributed by atoms with E-state index in [0.29, 0.717) is 19.6 Å². The maximum Gasteiger partial charge on any atom is 0.328 e. The first kappa shape index (κ1) is 30.3. The van der Waals surface area contributed by atoms with Gasteiger partial charge in [0, 0.05) is 13.0 Å². The Morgan fingerprint density at radius 2 is 1.82 bits per heavy atom. The second kappa shape index (κ2) is 14.2. The molecule has 0 aliphatic carbocycles. The van der Waals surface area contributed by atoms with Gasteiger partial charge in [0.25, 0.3) is 0 Å². The van der Waals surface area contributed by atoms with Crippen LogP contribution in [0.4, 0.5) is 0 Å². The smallest absolute Gasteiger partial charge is 0.328 e. The Balaban J connectivity index is 1.69. The Bertz CT molecular complexity index is 1140.